The summed E-state index contributed by atoms with van der Waals surface area (Å²) < 4.78 is 54.8. The lowest BCUT2D eigenvalue weighted by molar-refractivity contribution is -0.138. The van der Waals surface area contributed by atoms with E-state index in [0.29, 0.717) is 17.2 Å². The van der Waals surface area contributed by atoms with Crippen LogP contribution in [0, 0.1) is 17.1 Å². The van der Waals surface area contributed by atoms with E-state index in [0.717, 1.165) is 17.2 Å². The minimum Gasteiger partial charge on any atom is -0.392 e. The zero-order valence-corrected chi connectivity index (χ0v) is 18.9. The first-order valence-electron chi connectivity index (χ1n) is 10.3. The van der Waals surface area contributed by atoms with E-state index in [2.05, 4.69) is 10.3 Å². The highest BCUT2D eigenvalue weighted by Crippen LogP contribution is 2.37. The Morgan fingerprint density at radius 2 is 2.09 bits per heavy atom. The number of nitriles is 1. The predicted molar refractivity (Wildman–Crippen MR) is 117 cm³/mol. The van der Waals surface area contributed by atoms with E-state index >= 15 is 0 Å². The summed E-state index contributed by atoms with van der Waals surface area (Å²) in [5.41, 5.74) is -1.63. The number of nitrogens with zero attached hydrogens (tertiary/aromatic N) is 4. The maximum Gasteiger partial charge on any atom is 0.419 e. The molecule has 2 atom stereocenters. The van der Waals surface area contributed by atoms with Crippen LogP contribution in [-0.4, -0.2) is 50.6 Å². The van der Waals surface area contributed by atoms with Gasteiger partial charge in [0.15, 0.2) is 10.8 Å². The fraction of sp³-hybridized carbons (Fsp3) is 0.318. The molecule has 1 fully saturated rings. The monoisotopic (exact) mass is 507 g/mol. The van der Waals surface area contributed by atoms with Crippen LogP contribution in [-0.2, 0) is 23.9 Å². The van der Waals surface area contributed by atoms with Gasteiger partial charge in [-0.05, 0) is 48.5 Å². The maximum absolute atomic E-state index is 14.6. The van der Waals surface area contributed by atoms with Crippen molar-refractivity contribution in [2.24, 2.45) is 0 Å². The number of aliphatic hydroxyl groups excluding tert-OH is 1. The average molecular weight is 507 g/mol. The topological polar surface area (TPSA) is 110 Å². The fourth-order valence-electron chi connectivity index (χ4n) is 4.03. The second kappa shape index (κ2) is 8.86. The number of anilines is 1. The van der Waals surface area contributed by atoms with Crippen molar-refractivity contribution in [3.05, 3.63) is 58.2 Å². The molecule has 2 amide bonds. The molecule has 182 valence electrons. The number of halogens is 4. The zero-order valence-electron chi connectivity index (χ0n) is 18.1. The number of pyridine rings is 1. The van der Waals surface area contributed by atoms with E-state index in [-0.39, 0.29) is 35.9 Å². The van der Waals surface area contributed by atoms with E-state index < -0.39 is 47.2 Å². The predicted octanol–water partition coefficient (Wildman–Crippen LogP) is 2.28. The molecule has 4 rings (SSSR count). The number of hydrogen-bond donors (Lipinski definition) is 2. The molecule has 1 saturated heterocycles. The van der Waals surface area contributed by atoms with Crippen LogP contribution in [0.1, 0.15) is 39.7 Å². The van der Waals surface area contributed by atoms with Crippen molar-refractivity contribution in [1.82, 2.24) is 15.2 Å². The zero-order chi connectivity index (χ0) is 25.7. The summed E-state index contributed by atoms with van der Waals surface area (Å²) >= 11 is 5.38. The minimum atomic E-state index is -4.87. The van der Waals surface area contributed by atoms with Gasteiger partial charge in [-0.2, -0.15) is 18.4 Å². The number of thiocarbonyl (C=S) groups is 1. The molecule has 3 heterocycles. The molecule has 8 nitrogen and oxygen atoms in total. The van der Waals surface area contributed by atoms with Crippen molar-refractivity contribution < 1.29 is 32.3 Å². The van der Waals surface area contributed by atoms with Gasteiger partial charge in [0.2, 0.25) is 0 Å². The molecule has 0 spiro atoms. The summed E-state index contributed by atoms with van der Waals surface area (Å²) in [6.07, 6.45) is -4.71. The van der Waals surface area contributed by atoms with Gasteiger partial charge >= 0.3 is 6.18 Å². The van der Waals surface area contributed by atoms with Gasteiger partial charge in [0, 0.05) is 19.5 Å². The van der Waals surface area contributed by atoms with Crippen molar-refractivity contribution in [3.63, 3.8) is 0 Å². The van der Waals surface area contributed by atoms with Gasteiger partial charge in [-0.15, -0.1) is 0 Å². The Morgan fingerprint density at radius 3 is 2.71 bits per heavy atom. The Kier molecular flexibility index (Phi) is 6.20. The van der Waals surface area contributed by atoms with Crippen LogP contribution in [0.4, 0.5) is 23.2 Å². The number of carbonyl (C=O) groups excluding carboxylic acids is 2. The highest BCUT2D eigenvalue weighted by molar-refractivity contribution is 7.80. The summed E-state index contributed by atoms with van der Waals surface area (Å²) in [7, 11) is 0. The van der Waals surface area contributed by atoms with Crippen LogP contribution in [0.3, 0.4) is 0 Å². The smallest absolute Gasteiger partial charge is 0.392 e. The van der Waals surface area contributed by atoms with E-state index in [4.69, 9.17) is 17.5 Å². The third-order valence-electron chi connectivity index (χ3n) is 5.71. The van der Waals surface area contributed by atoms with E-state index in [1.165, 1.54) is 24.0 Å². The van der Waals surface area contributed by atoms with Gasteiger partial charge in [0.1, 0.15) is 17.9 Å². The van der Waals surface area contributed by atoms with E-state index in [1.807, 2.05) is 0 Å². The summed E-state index contributed by atoms with van der Waals surface area (Å²) in [5.74, 6) is -2.14. The normalized spacial score (nSPS) is 18.1. The third-order valence-corrected chi connectivity index (χ3v) is 6.12. The summed E-state index contributed by atoms with van der Waals surface area (Å²) in [5, 5.41) is 20.6. The number of hydrogen-bond acceptors (Lipinski definition) is 6. The standard InChI is InChI=1S/C22H17F4N5O3S/c1-10(32)7-29-19(33)14-2-12-9-30-18(4-11(12)3-16(14)23)20(34)31(21(30)35)13-5-15(22(24,25)26)17(6-27)28-8-13/h2-3,5,8,10,18,32H,4,7,9H2,1H3,(H,29,33). The van der Waals surface area contributed by atoms with Crippen LogP contribution in [0.2, 0.25) is 0 Å². The van der Waals surface area contributed by atoms with E-state index in [9.17, 15) is 32.3 Å². The van der Waals surface area contributed by atoms with Crippen LogP contribution in [0.5, 0.6) is 0 Å². The number of fused-ring (bicyclic) bond motifs is 2. The number of nitrogens with one attached hydrogen (secondary N) is 1. The second-order valence-corrected chi connectivity index (χ2v) is 8.53. The Balaban J connectivity index is 1.65. The van der Waals surface area contributed by atoms with Gasteiger partial charge in [0.25, 0.3) is 11.8 Å². The molecule has 1 aromatic carbocycles. The van der Waals surface area contributed by atoms with Crippen molar-refractivity contribution in [3.8, 4) is 6.07 Å². The first-order chi connectivity index (χ1) is 16.4. The van der Waals surface area contributed by atoms with Crippen molar-refractivity contribution in [2.45, 2.75) is 38.2 Å². The first kappa shape index (κ1) is 24.5. The van der Waals surface area contributed by atoms with Crippen LogP contribution < -0.4 is 10.2 Å². The highest BCUT2D eigenvalue weighted by Gasteiger charge is 2.46. The van der Waals surface area contributed by atoms with Gasteiger partial charge in [0.05, 0.1) is 29.1 Å². The molecule has 13 heteroatoms. The van der Waals surface area contributed by atoms with Gasteiger partial charge in [-0.3, -0.25) is 14.5 Å². The molecule has 2 aromatic rings. The summed E-state index contributed by atoms with van der Waals surface area (Å²) in [4.78, 5) is 31.4. The molecular formula is C22H17F4N5O3S. The molecule has 0 aliphatic carbocycles. The highest BCUT2D eigenvalue weighted by atomic mass is 32.1. The number of benzene rings is 1. The Hall–Kier alpha value is -3.63. The van der Waals surface area contributed by atoms with Crippen LogP contribution >= 0.6 is 12.2 Å². The second-order valence-electron chi connectivity index (χ2n) is 8.16. The lowest BCUT2D eigenvalue weighted by Crippen LogP contribution is -2.40. The molecular weight excluding hydrogens is 490 g/mol. The lowest BCUT2D eigenvalue weighted by Gasteiger charge is -2.30. The molecule has 35 heavy (non-hydrogen) atoms. The number of aliphatic hydroxyl groups is 1. The van der Waals surface area contributed by atoms with Crippen molar-refractivity contribution >= 4 is 34.8 Å². The van der Waals surface area contributed by atoms with Crippen molar-refractivity contribution in [2.75, 3.05) is 11.4 Å². The number of alkyl halides is 3. The van der Waals surface area contributed by atoms with Crippen LogP contribution in [0.15, 0.2) is 24.4 Å². The Morgan fingerprint density at radius 1 is 1.37 bits per heavy atom. The maximum atomic E-state index is 14.6. The Bertz CT molecular complexity index is 1290. The summed E-state index contributed by atoms with van der Waals surface area (Å²) in [6.45, 7) is 1.41. The summed E-state index contributed by atoms with van der Waals surface area (Å²) in [6, 6.07) is 3.62. The SMILES string of the molecule is CC(O)CNC(=O)c1cc2c(cc1F)CC1C(=O)N(c3cnc(C#N)c(C(F)(F)F)c3)C(=S)N1C2. The van der Waals surface area contributed by atoms with Crippen molar-refractivity contribution in [1.29, 1.82) is 5.26 Å². The number of carbonyl (C=O) groups is 2. The average Bonchev–Trinajstić information content (AvgIpc) is 3.03. The molecule has 2 unspecified atom stereocenters. The molecule has 0 bridgehead atoms. The number of rotatable bonds is 4. The van der Waals surface area contributed by atoms with E-state index in [1.54, 1.807) is 0 Å². The molecule has 2 aliphatic heterocycles. The lowest BCUT2D eigenvalue weighted by atomic mass is 9.92. The molecule has 0 saturated carbocycles. The van der Waals surface area contributed by atoms with Gasteiger partial charge in [-0.1, -0.05) is 0 Å². The first-order valence-corrected chi connectivity index (χ1v) is 10.7. The third kappa shape index (κ3) is 4.42. The number of amides is 2. The van der Waals surface area contributed by atoms with Gasteiger partial charge < -0.3 is 15.3 Å². The molecule has 2 N–H and O–H groups in total. The Labute approximate surface area is 201 Å². The van der Waals surface area contributed by atoms with Crippen LogP contribution in [0.25, 0.3) is 0 Å². The largest absolute Gasteiger partial charge is 0.419 e. The minimum absolute atomic E-state index is 0.0210. The van der Waals surface area contributed by atoms with Gasteiger partial charge in [-0.25, -0.2) is 9.37 Å². The quantitative estimate of drug-likeness (QED) is 0.483. The molecule has 0 radical (unpaired) electrons. The molecule has 2 aliphatic rings. The number of aromatic nitrogens is 1. The molecule has 1 aromatic heterocycles. The fourth-order valence-corrected chi connectivity index (χ4v) is 4.42.